The maximum absolute atomic E-state index is 12.8. The Morgan fingerprint density at radius 2 is 1.75 bits per heavy atom. The fraction of sp³-hybridized carbons (Fsp3) is 0.650. The van der Waals surface area contributed by atoms with E-state index in [4.69, 9.17) is 11.6 Å². The van der Waals surface area contributed by atoms with Crippen molar-refractivity contribution in [3.05, 3.63) is 29.3 Å². The average molecular weight is 428 g/mol. The number of amides is 1. The average Bonchev–Trinajstić information content (AvgIpc) is 3.17. The van der Waals surface area contributed by atoms with E-state index in [9.17, 15) is 13.2 Å². The van der Waals surface area contributed by atoms with Gasteiger partial charge in [-0.3, -0.25) is 4.79 Å². The number of halogens is 1. The topological polar surface area (TPSA) is 69.7 Å². The maximum atomic E-state index is 12.8. The number of nitrogens with zero attached hydrogens (tertiary/aromatic N) is 2. The molecule has 0 spiro atoms. The number of hydrogen-bond acceptors (Lipinski definition) is 4. The molecule has 0 bridgehead atoms. The highest BCUT2D eigenvalue weighted by Crippen LogP contribution is 2.33. The van der Waals surface area contributed by atoms with E-state index in [1.165, 1.54) is 29.3 Å². The van der Waals surface area contributed by atoms with Gasteiger partial charge in [-0.05, 0) is 64.0 Å². The fourth-order valence-corrected chi connectivity index (χ4v) is 5.92. The largest absolute Gasteiger partial charge is 0.354 e. The smallest absolute Gasteiger partial charge is 0.243 e. The van der Waals surface area contributed by atoms with E-state index in [0.29, 0.717) is 37.5 Å². The van der Waals surface area contributed by atoms with Crippen molar-refractivity contribution in [3.63, 3.8) is 0 Å². The number of benzene rings is 1. The number of hydrogen-bond donors (Lipinski definition) is 1. The number of sulfonamides is 1. The molecule has 2 aliphatic rings. The van der Waals surface area contributed by atoms with Crippen molar-refractivity contribution in [1.29, 1.82) is 0 Å². The molecule has 2 fully saturated rings. The van der Waals surface area contributed by atoms with E-state index in [2.05, 4.69) is 24.3 Å². The summed E-state index contributed by atoms with van der Waals surface area (Å²) in [5, 5.41) is 3.65. The molecule has 3 rings (SSSR count). The summed E-state index contributed by atoms with van der Waals surface area (Å²) in [7, 11) is 0.624. The Morgan fingerprint density at radius 3 is 2.29 bits per heavy atom. The quantitative estimate of drug-likeness (QED) is 0.757. The Hall–Kier alpha value is -1.15. The second kappa shape index (κ2) is 8.69. The van der Waals surface area contributed by atoms with Gasteiger partial charge in [0.25, 0.3) is 0 Å². The zero-order valence-corrected chi connectivity index (χ0v) is 18.2. The molecule has 1 saturated heterocycles. The summed E-state index contributed by atoms with van der Waals surface area (Å²) in [5.41, 5.74) is 0.0638. The monoisotopic (exact) mass is 427 g/mol. The van der Waals surface area contributed by atoms with Crippen LogP contribution in [0.3, 0.4) is 0 Å². The van der Waals surface area contributed by atoms with Gasteiger partial charge in [-0.2, -0.15) is 4.31 Å². The van der Waals surface area contributed by atoms with E-state index >= 15 is 0 Å². The zero-order valence-electron chi connectivity index (χ0n) is 16.7. The molecule has 0 radical (unpaired) electrons. The highest BCUT2D eigenvalue weighted by molar-refractivity contribution is 7.89. The number of nitrogens with one attached hydrogen (secondary N) is 1. The molecule has 1 heterocycles. The van der Waals surface area contributed by atoms with Crippen LogP contribution < -0.4 is 5.32 Å². The minimum atomic E-state index is -3.54. The van der Waals surface area contributed by atoms with Gasteiger partial charge in [-0.15, -0.1) is 0 Å². The van der Waals surface area contributed by atoms with Crippen LogP contribution in [-0.4, -0.2) is 62.8 Å². The van der Waals surface area contributed by atoms with Gasteiger partial charge in [0, 0.05) is 36.1 Å². The second-order valence-electron chi connectivity index (χ2n) is 8.18. The SMILES string of the molecule is CN(C)C1(CNC(=O)C2CCN(S(=O)(=O)c3ccc(Cl)cc3)CC2)CCCC1. The highest BCUT2D eigenvalue weighted by Gasteiger charge is 2.37. The van der Waals surface area contributed by atoms with Crippen LogP contribution in [0.5, 0.6) is 0 Å². The van der Waals surface area contributed by atoms with Crippen LogP contribution >= 0.6 is 11.6 Å². The van der Waals surface area contributed by atoms with E-state index in [0.717, 1.165) is 12.8 Å². The number of piperidine rings is 1. The molecule has 1 aliphatic carbocycles. The van der Waals surface area contributed by atoms with Gasteiger partial charge in [0.1, 0.15) is 0 Å². The predicted octanol–water partition coefficient (Wildman–Crippen LogP) is 2.73. The Labute approximate surface area is 173 Å². The number of carbonyl (C=O) groups is 1. The molecule has 0 atom stereocenters. The summed E-state index contributed by atoms with van der Waals surface area (Å²) in [5.74, 6) is -0.0750. The minimum absolute atomic E-state index is 0.0525. The molecule has 0 aromatic heterocycles. The van der Waals surface area contributed by atoms with E-state index in [-0.39, 0.29) is 22.3 Å². The van der Waals surface area contributed by atoms with Gasteiger partial charge in [-0.25, -0.2) is 8.42 Å². The molecule has 1 amide bonds. The van der Waals surface area contributed by atoms with Crippen LogP contribution in [0.4, 0.5) is 0 Å². The first kappa shape index (κ1) is 21.6. The van der Waals surface area contributed by atoms with Gasteiger partial charge >= 0.3 is 0 Å². The van der Waals surface area contributed by atoms with Crippen LogP contribution in [0.1, 0.15) is 38.5 Å². The first-order valence-corrected chi connectivity index (χ1v) is 11.8. The van der Waals surface area contributed by atoms with Crippen molar-refractivity contribution in [2.75, 3.05) is 33.7 Å². The molecule has 28 heavy (non-hydrogen) atoms. The maximum Gasteiger partial charge on any atom is 0.243 e. The number of carbonyl (C=O) groups excluding carboxylic acids is 1. The molecule has 0 unspecified atom stereocenters. The van der Waals surface area contributed by atoms with Crippen molar-refractivity contribution < 1.29 is 13.2 Å². The van der Waals surface area contributed by atoms with Gasteiger partial charge in [-0.1, -0.05) is 24.4 Å². The second-order valence-corrected chi connectivity index (χ2v) is 10.6. The number of likely N-dealkylation sites (N-methyl/N-ethyl adjacent to an activating group) is 1. The van der Waals surface area contributed by atoms with Crippen molar-refractivity contribution >= 4 is 27.5 Å². The Kier molecular flexibility index (Phi) is 6.69. The molecule has 8 heteroatoms. The minimum Gasteiger partial charge on any atom is -0.354 e. The van der Waals surface area contributed by atoms with Gasteiger partial charge in [0.2, 0.25) is 15.9 Å². The van der Waals surface area contributed by atoms with Crippen LogP contribution in [-0.2, 0) is 14.8 Å². The van der Waals surface area contributed by atoms with E-state index in [1.807, 2.05) is 0 Å². The molecule has 6 nitrogen and oxygen atoms in total. The summed E-state index contributed by atoms with van der Waals surface area (Å²) in [4.78, 5) is 15.2. The fourth-order valence-electron chi connectivity index (χ4n) is 4.33. The van der Waals surface area contributed by atoms with Crippen molar-refractivity contribution in [2.24, 2.45) is 5.92 Å². The summed E-state index contributed by atoms with van der Waals surface area (Å²) in [6.07, 6.45) is 5.72. The van der Waals surface area contributed by atoms with Gasteiger partial charge in [0.05, 0.1) is 4.90 Å². The third-order valence-corrected chi connectivity index (χ3v) is 8.52. The third-order valence-electron chi connectivity index (χ3n) is 6.35. The first-order chi connectivity index (χ1) is 13.2. The Morgan fingerprint density at radius 1 is 1.18 bits per heavy atom. The van der Waals surface area contributed by atoms with E-state index < -0.39 is 10.0 Å². The van der Waals surface area contributed by atoms with Crippen molar-refractivity contribution in [3.8, 4) is 0 Å². The molecule has 1 N–H and O–H groups in total. The lowest BCUT2D eigenvalue weighted by atomic mass is 9.94. The van der Waals surface area contributed by atoms with Crippen LogP contribution in [0.25, 0.3) is 0 Å². The normalized spacial score (nSPS) is 21.1. The predicted molar refractivity (Wildman–Crippen MR) is 111 cm³/mol. The van der Waals surface area contributed by atoms with Crippen molar-refractivity contribution in [2.45, 2.75) is 49.0 Å². The van der Waals surface area contributed by atoms with Crippen LogP contribution in [0.2, 0.25) is 5.02 Å². The van der Waals surface area contributed by atoms with Gasteiger partial charge < -0.3 is 10.2 Å². The lowest BCUT2D eigenvalue weighted by molar-refractivity contribution is -0.126. The molecule has 1 aromatic rings. The summed E-state index contributed by atoms with van der Waals surface area (Å²) in [6, 6.07) is 6.22. The Bertz CT molecular complexity index is 781. The lowest BCUT2D eigenvalue weighted by Crippen LogP contribution is -2.52. The van der Waals surface area contributed by atoms with E-state index in [1.54, 1.807) is 12.1 Å². The molecule has 1 saturated carbocycles. The molecule has 1 aliphatic heterocycles. The molecule has 1 aromatic carbocycles. The van der Waals surface area contributed by atoms with Crippen LogP contribution in [0, 0.1) is 5.92 Å². The molecular weight excluding hydrogens is 398 g/mol. The summed E-state index contributed by atoms with van der Waals surface area (Å²) >= 11 is 5.85. The standard InChI is InChI=1S/C20H30ClN3O3S/c1-23(2)20(11-3-4-12-20)15-22-19(25)16-9-13-24(14-10-16)28(26,27)18-7-5-17(21)6-8-18/h5-8,16H,3-4,9-15H2,1-2H3,(H,22,25). The third kappa shape index (κ3) is 4.53. The molecule has 156 valence electrons. The van der Waals surface area contributed by atoms with Gasteiger partial charge in [0.15, 0.2) is 0 Å². The first-order valence-electron chi connectivity index (χ1n) is 9.95. The lowest BCUT2D eigenvalue weighted by Gasteiger charge is -2.37. The van der Waals surface area contributed by atoms with Crippen molar-refractivity contribution in [1.82, 2.24) is 14.5 Å². The zero-order chi connectivity index (χ0) is 20.4. The molecular formula is C20H30ClN3O3S. The summed E-state index contributed by atoms with van der Waals surface area (Å²) < 4.78 is 27.0. The van der Waals surface area contributed by atoms with Crippen LogP contribution in [0.15, 0.2) is 29.2 Å². The Balaban J connectivity index is 1.54. The number of rotatable bonds is 6. The highest BCUT2D eigenvalue weighted by atomic mass is 35.5. The summed E-state index contributed by atoms with van der Waals surface area (Å²) in [6.45, 7) is 1.39.